The minimum Gasteiger partial charge on any atom is -0.445 e. The van der Waals surface area contributed by atoms with E-state index < -0.39 is 49.4 Å². The van der Waals surface area contributed by atoms with Crippen LogP contribution in [0, 0.1) is 0 Å². The SMILES string of the molecule is O=C(OCc1ccccc1)N1CCC(N(CCCNC(=O)C(F)(F)F)C(=O)C(F)(F)F)CC1. The maximum atomic E-state index is 13.0. The Hall–Kier alpha value is -2.99. The van der Waals surface area contributed by atoms with Gasteiger partial charge in [0.15, 0.2) is 0 Å². The summed E-state index contributed by atoms with van der Waals surface area (Å²) >= 11 is 0. The van der Waals surface area contributed by atoms with Gasteiger partial charge in [-0.1, -0.05) is 30.3 Å². The summed E-state index contributed by atoms with van der Waals surface area (Å²) in [7, 11) is 0. The number of carbonyl (C=O) groups is 3. The lowest BCUT2D eigenvalue weighted by molar-refractivity contribution is -0.188. The summed E-state index contributed by atoms with van der Waals surface area (Å²) in [4.78, 5) is 36.7. The number of halogens is 6. The van der Waals surface area contributed by atoms with Crippen molar-refractivity contribution in [1.29, 1.82) is 0 Å². The van der Waals surface area contributed by atoms with Gasteiger partial charge in [-0.2, -0.15) is 26.3 Å². The Labute approximate surface area is 185 Å². The molecule has 3 amide bonds. The van der Waals surface area contributed by atoms with Crippen LogP contribution in [0.5, 0.6) is 0 Å². The second-order valence-corrected chi connectivity index (χ2v) is 7.36. The molecule has 0 unspecified atom stereocenters. The van der Waals surface area contributed by atoms with E-state index in [0.29, 0.717) is 4.90 Å². The first kappa shape index (κ1) is 26.3. The van der Waals surface area contributed by atoms with E-state index in [1.54, 1.807) is 35.6 Å². The van der Waals surface area contributed by atoms with Gasteiger partial charge >= 0.3 is 30.3 Å². The number of hydrogen-bond acceptors (Lipinski definition) is 4. The highest BCUT2D eigenvalue weighted by Crippen LogP contribution is 2.25. The number of amides is 3. The summed E-state index contributed by atoms with van der Waals surface area (Å²) in [6, 6.07) is 8.00. The molecule has 184 valence electrons. The van der Waals surface area contributed by atoms with Crippen LogP contribution in [0.15, 0.2) is 30.3 Å². The molecule has 1 N–H and O–H groups in total. The van der Waals surface area contributed by atoms with Crippen molar-refractivity contribution in [2.75, 3.05) is 26.2 Å². The maximum Gasteiger partial charge on any atom is 0.471 e. The third-order valence-corrected chi connectivity index (χ3v) is 4.99. The second-order valence-electron chi connectivity index (χ2n) is 7.36. The van der Waals surface area contributed by atoms with E-state index in [-0.39, 0.29) is 39.0 Å². The molecule has 0 spiro atoms. The average Bonchev–Trinajstić information content (AvgIpc) is 2.76. The average molecular weight is 483 g/mol. The fourth-order valence-electron chi connectivity index (χ4n) is 3.34. The quantitative estimate of drug-likeness (QED) is 0.477. The summed E-state index contributed by atoms with van der Waals surface area (Å²) in [5, 5.41) is 1.56. The van der Waals surface area contributed by atoms with Crippen molar-refractivity contribution < 1.29 is 45.5 Å². The van der Waals surface area contributed by atoms with E-state index in [0.717, 1.165) is 5.56 Å². The normalized spacial score (nSPS) is 15.2. The van der Waals surface area contributed by atoms with Crippen LogP contribution in [0.3, 0.4) is 0 Å². The number of likely N-dealkylation sites (tertiary alicyclic amines) is 1. The Kier molecular flexibility index (Phi) is 8.94. The highest BCUT2D eigenvalue weighted by Gasteiger charge is 2.45. The topological polar surface area (TPSA) is 79.0 Å². The third kappa shape index (κ3) is 8.13. The molecule has 1 aromatic rings. The third-order valence-electron chi connectivity index (χ3n) is 4.99. The number of alkyl halides is 6. The van der Waals surface area contributed by atoms with Gasteiger partial charge in [0, 0.05) is 32.2 Å². The zero-order chi connectivity index (χ0) is 24.6. The lowest BCUT2D eigenvalue weighted by Crippen LogP contribution is -2.52. The van der Waals surface area contributed by atoms with E-state index in [2.05, 4.69) is 0 Å². The molecule has 33 heavy (non-hydrogen) atoms. The fourth-order valence-corrected chi connectivity index (χ4v) is 3.34. The number of rotatable bonds is 7. The lowest BCUT2D eigenvalue weighted by Gasteiger charge is -2.38. The summed E-state index contributed by atoms with van der Waals surface area (Å²) in [6.07, 6.45) is -11.1. The van der Waals surface area contributed by atoms with Crippen LogP contribution in [-0.2, 0) is 20.9 Å². The fraction of sp³-hybridized carbons (Fsp3) is 0.550. The van der Waals surface area contributed by atoms with Gasteiger partial charge in [0.25, 0.3) is 0 Å². The predicted octanol–water partition coefficient (Wildman–Crippen LogP) is 3.25. The lowest BCUT2D eigenvalue weighted by atomic mass is 10.0. The van der Waals surface area contributed by atoms with Crippen LogP contribution < -0.4 is 5.32 Å². The molecule has 7 nitrogen and oxygen atoms in total. The van der Waals surface area contributed by atoms with Gasteiger partial charge in [0.05, 0.1) is 0 Å². The molecule has 13 heteroatoms. The van der Waals surface area contributed by atoms with Crippen LogP contribution in [0.4, 0.5) is 31.1 Å². The minimum atomic E-state index is -5.17. The zero-order valence-electron chi connectivity index (χ0n) is 17.4. The van der Waals surface area contributed by atoms with Crippen molar-refractivity contribution in [3.63, 3.8) is 0 Å². The molecule has 1 aromatic carbocycles. The smallest absolute Gasteiger partial charge is 0.445 e. The van der Waals surface area contributed by atoms with Gasteiger partial charge in [0.2, 0.25) is 0 Å². The molecule has 0 saturated carbocycles. The highest BCUT2D eigenvalue weighted by atomic mass is 19.4. The number of nitrogens with one attached hydrogen (secondary N) is 1. The summed E-state index contributed by atoms with van der Waals surface area (Å²) in [6.45, 7) is -0.929. The number of ether oxygens (including phenoxy) is 1. The Morgan fingerprint density at radius 2 is 1.61 bits per heavy atom. The van der Waals surface area contributed by atoms with Gasteiger partial charge in [-0.3, -0.25) is 9.59 Å². The number of hydrogen-bond donors (Lipinski definition) is 1. The van der Waals surface area contributed by atoms with Gasteiger partial charge in [-0.25, -0.2) is 4.79 Å². The Morgan fingerprint density at radius 1 is 1.00 bits per heavy atom. The monoisotopic (exact) mass is 483 g/mol. The van der Waals surface area contributed by atoms with Crippen molar-refractivity contribution in [2.24, 2.45) is 0 Å². The first-order valence-corrected chi connectivity index (χ1v) is 10.1. The minimum absolute atomic E-state index is 0.0297. The molecular weight excluding hydrogens is 460 g/mol. The summed E-state index contributed by atoms with van der Waals surface area (Å²) in [5.74, 6) is -4.33. The second kappa shape index (κ2) is 11.2. The molecule has 2 rings (SSSR count). The first-order valence-electron chi connectivity index (χ1n) is 10.1. The molecule has 0 radical (unpaired) electrons. The van der Waals surface area contributed by atoms with Crippen molar-refractivity contribution in [1.82, 2.24) is 15.1 Å². The van der Waals surface area contributed by atoms with Crippen molar-refractivity contribution in [3.8, 4) is 0 Å². The molecular formula is C20H23F6N3O4. The zero-order valence-corrected chi connectivity index (χ0v) is 17.4. The Morgan fingerprint density at radius 3 is 2.15 bits per heavy atom. The molecule has 0 bridgehead atoms. The van der Waals surface area contributed by atoms with Crippen molar-refractivity contribution in [2.45, 2.75) is 44.3 Å². The molecule has 0 aliphatic carbocycles. The number of carbonyl (C=O) groups excluding carboxylic acids is 3. The number of nitrogens with zero attached hydrogens (tertiary/aromatic N) is 2. The van der Waals surface area contributed by atoms with E-state index in [4.69, 9.17) is 4.74 Å². The van der Waals surface area contributed by atoms with Gasteiger partial charge in [-0.15, -0.1) is 0 Å². The van der Waals surface area contributed by atoms with Crippen molar-refractivity contribution in [3.05, 3.63) is 35.9 Å². The van der Waals surface area contributed by atoms with Gasteiger partial charge in [0.1, 0.15) is 6.61 Å². The molecule has 1 fully saturated rings. The molecule has 1 saturated heterocycles. The molecule has 1 aliphatic rings. The van der Waals surface area contributed by atoms with Crippen LogP contribution in [0.25, 0.3) is 0 Å². The number of benzene rings is 1. The van der Waals surface area contributed by atoms with Crippen LogP contribution in [0.1, 0.15) is 24.8 Å². The van der Waals surface area contributed by atoms with Gasteiger partial charge < -0.3 is 19.9 Å². The van der Waals surface area contributed by atoms with Gasteiger partial charge in [-0.05, 0) is 24.8 Å². The summed E-state index contributed by atoms with van der Waals surface area (Å²) < 4.78 is 80.8. The summed E-state index contributed by atoms with van der Waals surface area (Å²) in [5.41, 5.74) is 0.764. The largest absolute Gasteiger partial charge is 0.471 e. The number of piperidine rings is 1. The highest BCUT2D eigenvalue weighted by molar-refractivity contribution is 5.82. The molecule has 1 aliphatic heterocycles. The van der Waals surface area contributed by atoms with Crippen LogP contribution in [0.2, 0.25) is 0 Å². The Bertz CT molecular complexity index is 808. The first-order chi connectivity index (χ1) is 15.4. The molecule has 1 heterocycles. The predicted molar refractivity (Wildman–Crippen MR) is 103 cm³/mol. The molecule has 0 aromatic heterocycles. The van der Waals surface area contributed by atoms with E-state index in [1.807, 2.05) is 0 Å². The van der Waals surface area contributed by atoms with E-state index in [1.165, 1.54) is 4.90 Å². The van der Waals surface area contributed by atoms with Crippen LogP contribution >= 0.6 is 0 Å². The molecule has 0 atom stereocenters. The standard InChI is InChI=1S/C20H23F6N3O4/c21-19(22,23)16(30)27-9-4-10-29(17(31)20(24,25)26)15-7-11-28(12-8-15)18(32)33-13-14-5-2-1-3-6-14/h1-3,5-6,15H,4,7-13H2,(H,27,30). The Balaban J connectivity index is 1.88. The van der Waals surface area contributed by atoms with E-state index >= 15 is 0 Å². The van der Waals surface area contributed by atoms with Crippen molar-refractivity contribution >= 4 is 17.9 Å². The maximum absolute atomic E-state index is 13.0. The van der Waals surface area contributed by atoms with E-state index in [9.17, 15) is 40.7 Å². The van der Waals surface area contributed by atoms with Crippen LogP contribution in [-0.4, -0.2) is 72.3 Å².